The molecule has 0 spiro atoms. The quantitative estimate of drug-likeness (QED) is 0.464. The van der Waals surface area contributed by atoms with Crippen molar-refractivity contribution in [3.8, 4) is 0 Å². The van der Waals surface area contributed by atoms with Gasteiger partial charge in [-0.25, -0.2) is 0 Å². The molecule has 0 saturated carbocycles. The van der Waals surface area contributed by atoms with Crippen LogP contribution in [-0.2, 0) is 22.4 Å². The van der Waals surface area contributed by atoms with E-state index in [0.717, 1.165) is 6.42 Å². The van der Waals surface area contributed by atoms with Gasteiger partial charge < -0.3 is 67.8 Å². The molecule has 78 valence electrons. The van der Waals surface area contributed by atoms with E-state index in [1.807, 2.05) is 13.8 Å². The molecule has 0 aromatic heterocycles. The summed E-state index contributed by atoms with van der Waals surface area (Å²) in [5.41, 5.74) is 5.58. The molecule has 2 N–H and O–H groups in total. The molecule has 0 radical (unpaired) electrons. The second-order valence-corrected chi connectivity index (χ2v) is 2.34. The molecule has 0 bridgehead atoms. The molecule has 0 aliphatic rings. The van der Waals surface area contributed by atoms with Gasteiger partial charge in [-0.05, 0) is 20.3 Å². The molecule has 0 amide bonds. The smallest absolute Gasteiger partial charge is 1.00 e. The summed E-state index contributed by atoms with van der Waals surface area (Å²) in [6, 6.07) is 0. The van der Waals surface area contributed by atoms with Crippen molar-refractivity contribution in [2.75, 3.05) is 0 Å². The van der Waals surface area contributed by atoms with Gasteiger partial charge in [0, 0.05) is 5.54 Å². The molecule has 0 aliphatic heterocycles. The number of nitrogens with two attached hydrogens (primary N) is 1. The first-order valence-corrected chi connectivity index (χ1v) is 2.35. The summed E-state index contributed by atoms with van der Waals surface area (Å²) in [4.78, 5) is 0. The number of rotatable bonds is 1. The van der Waals surface area contributed by atoms with Crippen molar-refractivity contribution in [1.29, 1.82) is 0 Å². The van der Waals surface area contributed by atoms with E-state index < -0.39 is 0 Å². The Kier molecular flexibility index (Phi) is 92.5. The van der Waals surface area contributed by atoms with Crippen molar-refractivity contribution in [1.82, 2.24) is 0 Å². The van der Waals surface area contributed by atoms with Gasteiger partial charge in [0.2, 0.25) is 0 Å². The fraction of sp³-hybridized carbons (Fsp3) is 1.00. The molecule has 12 heavy (non-hydrogen) atoms. The Labute approximate surface area is 122 Å². The zero-order valence-electron chi connectivity index (χ0n) is 7.12. The maximum absolute atomic E-state index is 5.53. The first kappa shape index (κ1) is 47.9. The third kappa shape index (κ3) is 57.0. The van der Waals surface area contributed by atoms with Gasteiger partial charge in [0.1, 0.15) is 0 Å². The Morgan fingerprint density at radius 3 is 1.00 bits per heavy atom. The molecular weight excluding hydrogens is 344 g/mol. The van der Waals surface area contributed by atoms with Gasteiger partial charge in [0.15, 0.2) is 0 Å². The Hall–Kier alpha value is 2.15. The van der Waals surface area contributed by atoms with Gasteiger partial charge in [0.05, 0.1) is 0 Å². The Morgan fingerprint density at radius 1 is 0.917 bits per heavy atom. The summed E-state index contributed by atoms with van der Waals surface area (Å²) in [6.07, 6.45) is 1.05. The molecule has 1 nitrogen and oxygen atoms in total. The molecule has 0 heterocycles. The van der Waals surface area contributed by atoms with Crippen LogP contribution in [-0.4, -0.2) is 5.54 Å². The SMILES string of the molecule is CCC(C)(C)N.[Cl-].[Cl-].[Cl-].[Cl-].[Cl-].[Nb+5]. The summed E-state index contributed by atoms with van der Waals surface area (Å²) >= 11 is 0. The van der Waals surface area contributed by atoms with Crippen LogP contribution in [0, 0.1) is 0 Å². The van der Waals surface area contributed by atoms with Crippen LogP contribution in [0.4, 0.5) is 0 Å². The van der Waals surface area contributed by atoms with Crippen molar-refractivity contribution in [2.24, 2.45) is 5.73 Å². The fourth-order valence-electron chi connectivity index (χ4n) is 0. The molecule has 7 heteroatoms. The normalized spacial score (nSPS) is 6.00. The van der Waals surface area contributed by atoms with E-state index >= 15 is 0 Å². The third-order valence-corrected chi connectivity index (χ3v) is 0.911. The van der Waals surface area contributed by atoms with E-state index in [1.54, 1.807) is 0 Å². The van der Waals surface area contributed by atoms with Crippen LogP contribution in [0.3, 0.4) is 0 Å². The van der Waals surface area contributed by atoms with Crippen LogP contribution in [0.5, 0.6) is 0 Å². The van der Waals surface area contributed by atoms with Crippen molar-refractivity contribution in [2.45, 2.75) is 32.7 Å². The van der Waals surface area contributed by atoms with Crippen LogP contribution in [0.1, 0.15) is 27.2 Å². The molecule has 0 rings (SSSR count). The third-order valence-electron chi connectivity index (χ3n) is 0.911. The first-order valence-electron chi connectivity index (χ1n) is 2.35. The Morgan fingerprint density at radius 2 is 1.00 bits per heavy atom. The van der Waals surface area contributed by atoms with Crippen LogP contribution in [0.2, 0.25) is 0 Å². The number of hydrogen-bond acceptors (Lipinski definition) is 1. The Bertz CT molecular complexity index is 49.6. The number of halogens is 5. The van der Waals surface area contributed by atoms with E-state index in [0.29, 0.717) is 0 Å². The van der Waals surface area contributed by atoms with Gasteiger partial charge in [-0.15, -0.1) is 0 Å². The summed E-state index contributed by atoms with van der Waals surface area (Å²) < 4.78 is 0. The monoisotopic (exact) mass is 355 g/mol. The molecule has 0 fully saturated rings. The van der Waals surface area contributed by atoms with Gasteiger partial charge in [-0.2, -0.15) is 0 Å². The van der Waals surface area contributed by atoms with E-state index in [1.165, 1.54) is 0 Å². The van der Waals surface area contributed by atoms with Crippen molar-refractivity contribution >= 4 is 0 Å². The molecule has 0 aliphatic carbocycles. The second-order valence-electron chi connectivity index (χ2n) is 2.34. The van der Waals surface area contributed by atoms with Crippen molar-refractivity contribution in [3.63, 3.8) is 0 Å². The average Bonchev–Trinajstić information content (AvgIpc) is 1.35. The molecule has 0 unspecified atom stereocenters. The minimum atomic E-state index is 0. The molecule has 0 aromatic rings. The zero-order valence-corrected chi connectivity index (χ0v) is 13.1. The molecule has 0 saturated heterocycles. The van der Waals surface area contributed by atoms with Crippen LogP contribution in [0.25, 0.3) is 0 Å². The standard InChI is InChI=1S/C5H13N.5ClH.Nb/c1-4-5(2,3)6;;;;;;/h4,6H2,1-3H3;5*1H;/q;;;;;;+5/p-5. The first-order chi connectivity index (χ1) is 2.56. The van der Waals surface area contributed by atoms with Gasteiger partial charge in [0.25, 0.3) is 0 Å². The predicted octanol–water partition coefficient (Wildman–Crippen LogP) is -13.8. The largest absolute Gasteiger partial charge is 5.00 e. The number of hydrogen-bond donors (Lipinski definition) is 1. The maximum Gasteiger partial charge on any atom is 5.00 e. The summed E-state index contributed by atoms with van der Waals surface area (Å²) in [5, 5.41) is 0. The van der Waals surface area contributed by atoms with Gasteiger partial charge in [-0.3, -0.25) is 0 Å². The van der Waals surface area contributed by atoms with E-state index in [-0.39, 0.29) is 90.0 Å². The van der Waals surface area contributed by atoms with Gasteiger partial charge >= 0.3 is 22.4 Å². The van der Waals surface area contributed by atoms with E-state index in [9.17, 15) is 0 Å². The topological polar surface area (TPSA) is 26.0 Å². The second kappa shape index (κ2) is 23.2. The molecular formula is C5H13Cl5NNb. The zero-order chi connectivity index (χ0) is 5.21. The maximum atomic E-state index is 5.53. The van der Waals surface area contributed by atoms with Crippen molar-refractivity contribution in [3.05, 3.63) is 0 Å². The van der Waals surface area contributed by atoms with E-state index in [2.05, 4.69) is 6.92 Å². The minimum Gasteiger partial charge on any atom is -1.00 e. The van der Waals surface area contributed by atoms with Crippen molar-refractivity contribution < 1.29 is 84.4 Å². The average molecular weight is 357 g/mol. The van der Waals surface area contributed by atoms with Crippen LogP contribution < -0.4 is 67.8 Å². The summed E-state index contributed by atoms with van der Waals surface area (Å²) in [7, 11) is 0. The Balaban J connectivity index is -0.00000000833. The molecule has 0 aromatic carbocycles. The van der Waals surface area contributed by atoms with E-state index in [4.69, 9.17) is 5.73 Å². The van der Waals surface area contributed by atoms with Crippen LogP contribution >= 0.6 is 0 Å². The molecule has 0 atom stereocenters. The van der Waals surface area contributed by atoms with Gasteiger partial charge in [-0.1, -0.05) is 6.92 Å². The minimum absolute atomic E-state index is 0. The predicted molar refractivity (Wildman–Crippen MR) is 28.6 cm³/mol. The van der Waals surface area contributed by atoms with Crippen LogP contribution in [0.15, 0.2) is 0 Å². The summed E-state index contributed by atoms with van der Waals surface area (Å²) in [6.45, 7) is 6.12. The fourth-order valence-corrected chi connectivity index (χ4v) is 0. The summed E-state index contributed by atoms with van der Waals surface area (Å²) in [5.74, 6) is 0.